The van der Waals surface area contributed by atoms with Gasteiger partial charge in [0.2, 0.25) is 11.8 Å². The standard InChI is InChI=1S/C42H41Cl2FN4O3/c1-30-25-33(26-39(44)42(30)52-40-17-16-37(27-46-40)51-29-34-5-3-4-6-38(34)43)11-18-41(50)49-23-21-48(22-24-49)28-32-9-7-31(8-10-32)19-20-47(2)36-14-12-35(45)13-15-36/h3-18,25-27H,19-24,28-29H2,1-2H3. The van der Waals surface area contributed by atoms with Gasteiger partial charge in [-0.3, -0.25) is 9.69 Å². The summed E-state index contributed by atoms with van der Waals surface area (Å²) >= 11 is 12.8. The molecule has 0 aliphatic carbocycles. The average molecular weight is 740 g/mol. The number of hydrogen-bond donors (Lipinski definition) is 0. The molecule has 10 heteroatoms. The van der Waals surface area contributed by atoms with Crippen molar-refractivity contribution in [3.8, 4) is 17.4 Å². The number of likely N-dealkylation sites (N-methyl/N-ethyl adjacent to an activating group) is 1. The second-order valence-electron chi connectivity index (χ2n) is 12.9. The van der Waals surface area contributed by atoms with Crippen LogP contribution in [-0.4, -0.2) is 60.5 Å². The predicted molar refractivity (Wildman–Crippen MR) is 207 cm³/mol. The molecule has 1 fully saturated rings. The van der Waals surface area contributed by atoms with Crippen molar-refractivity contribution in [3.05, 3.63) is 153 Å². The van der Waals surface area contributed by atoms with Crippen LogP contribution in [-0.2, 0) is 24.4 Å². The lowest BCUT2D eigenvalue weighted by molar-refractivity contribution is -0.127. The lowest BCUT2D eigenvalue weighted by Gasteiger charge is -2.34. The smallest absolute Gasteiger partial charge is 0.246 e. The van der Waals surface area contributed by atoms with Crippen molar-refractivity contribution >= 4 is 40.9 Å². The molecule has 6 rings (SSSR count). The van der Waals surface area contributed by atoms with Gasteiger partial charge in [0, 0.05) is 74.7 Å². The number of rotatable bonds is 13. The first-order valence-electron chi connectivity index (χ1n) is 17.2. The van der Waals surface area contributed by atoms with Gasteiger partial charge in [0.15, 0.2) is 5.75 Å². The minimum absolute atomic E-state index is 0.0234. The summed E-state index contributed by atoms with van der Waals surface area (Å²) in [6.07, 6.45) is 5.90. The van der Waals surface area contributed by atoms with Gasteiger partial charge >= 0.3 is 0 Å². The summed E-state index contributed by atoms with van der Waals surface area (Å²) in [5.41, 5.74) is 6.03. The second kappa shape index (κ2) is 17.6. The van der Waals surface area contributed by atoms with Crippen molar-refractivity contribution in [1.82, 2.24) is 14.8 Å². The van der Waals surface area contributed by atoms with Crippen molar-refractivity contribution in [2.45, 2.75) is 26.5 Å². The van der Waals surface area contributed by atoms with Crippen LogP contribution in [0, 0.1) is 12.7 Å². The van der Waals surface area contributed by atoms with Gasteiger partial charge in [-0.15, -0.1) is 0 Å². The molecule has 0 atom stereocenters. The Hall–Kier alpha value is -4.89. The summed E-state index contributed by atoms with van der Waals surface area (Å²) in [6, 6.07) is 30.1. The van der Waals surface area contributed by atoms with Crippen LogP contribution >= 0.6 is 23.2 Å². The molecule has 1 aliphatic heterocycles. The van der Waals surface area contributed by atoms with Gasteiger partial charge in [0.05, 0.1) is 11.2 Å². The van der Waals surface area contributed by atoms with Crippen LogP contribution in [0.5, 0.6) is 17.4 Å². The molecule has 1 amide bonds. The second-order valence-corrected chi connectivity index (χ2v) is 13.7. The number of piperazine rings is 1. The first kappa shape index (κ1) is 36.9. The Labute approximate surface area is 314 Å². The minimum Gasteiger partial charge on any atom is -0.487 e. The zero-order valence-corrected chi connectivity index (χ0v) is 30.8. The summed E-state index contributed by atoms with van der Waals surface area (Å²) in [6.45, 7) is 6.88. The SMILES string of the molecule is Cc1cc(C=CC(=O)N2CCN(Cc3ccc(CCN(C)c4ccc(F)cc4)cc3)CC2)cc(Cl)c1Oc1ccc(OCc2ccccc2Cl)cn1. The Morgan fingerprint density at radius 2 is 1.63 bits per heavy atom. The maximum Gasteiger partial charge on any atom is 0.246 e. The summed E-state index contributed by atoms with van der Waals surface area (Å²) in [7, 11) is 2.02. The highest BCUT2D eigenvalue weighted by atomic mass is 35.5. The van der Waals surface area contributed by atoms with Gasteiger partial charge in [-0.2, -0.15) is 0 Å². The van der Waals surface area contributed by atoms with Crippen LogP contribution < -0.4 is 14.4 Å². The molecule has 1 aliphatic rings. The number of hydrogen-bond acceptors (Lipinski definition) is 6. The molecule has 52 heavy (non-hydrogen) atoms. The van der Waals surface area contributed by atoms with Crippen molar-refractivity contribution < 1.29 is 18.7 Å². The zero-order chi connectivity index (χ0) is 36.5. The Kier molecular flexibility index (Phi) is 12.5. The third-order valence-corrected chi connectivity index (χ3v) is 9.70. The highest BCUT2D eigenvalue weighted by molar-refractivity contribution is 6.32. The monoisotopic (exact) mass is 738 g/mol. The van der Waals surface area contributed by atoms with Crippen LogP contribution in [0.15, 0.2) is 109 Å². The number of ether oxygens (including phenoxy) is 2. The number of carbonyl (C=O) groups excluding carboxylic acids is 1. The van der Waals surface area contributed by atoms with E-state index >= 15 is 0 Å². The summed E-state index contributed by atoms with van der Waals surface area (Å²) < 4.78 is 25.1. The van der Waals surface area contributed by atoms with E-state index in [-0.39, 0.29) is 11.7 Å². The van der Waals surface area contributed by atoms with Crippen LogP contribution in [0.2, 0.25) is 10.0 Å². The number of amides is 1. The zero-order valence-electron chi connectivity index (χ0n) is 29.3. The van der Waals surface area contributed by atoms with E-state index < -0.39 is 0 Å². The maximum atomic E-state index is 13.2. The Morgan fingerprint density at radius 1 is 0.904 bits per heavy atom. The molecule has 0 N–H and O–H groups in total. The van der Waals surface area contributed by atoms with E-state index in [1.54, 1.807) is 48.7 Å². The lowest BCUT2D eigenvalue weighted by atomic mass is 10.1. The predicted octanol–water partition coefficient (Wildman–Crippen LogP) is 9.24. The van der Waals surface area contributed by atoms with Gasteiger partial charge in [-0.1, -0.05) is 65.7 Å². The molecular weight excluding hydrogens is 698 g/mol. The minimum atomic E-state index is -0.223. The van der Waals surface area contributed by atoms with Crippen molar-refractivity contribution in [2.75, 3.05) is 44.7 Å². The first-order chi connectivity index (χ1) is 25.2. The van der Waals surface area contributed by atoms with Gasteiger partial charge in [-0.25, -0.2) is 9.37 Å². The molecule has 268 valence electrons. The number of aryl methyl sites for hydroxylation is 1. The molecule has 7 nitrogen and oxygen atoms in total. The average Bonchev–Trinajstić information content (AvgIpc) is 3.15. The molecule has 1 saturated heterocycles. The van der Waals surface area contributed by atoms with Crippen molar-refractivity contribution in [2.24, 2.45) is 0 Å². The van der Waals surface area contributed by atoms with E-state index in [2.05, 4.69) is 39.0 Å². The number of aromatic nitrogens is 1. The normalized spacial score (nSPS) is 13.4. The van der Waals surface area contributed by atoms with E-state index in [4.69, 9.17) is 32.7 Å². The fourth-order valence-electron chi connectivity index (χ4n) is 5.97. The fraction of sp³-hybridized carbons (Fsp3) is 0.238. The molecule has 0 saturated carbocycles. The highest BCUT2D eigenvalue weighted by Crippen LogP contribution is 2.34. The summed E-state index contributed by atoms with van der Waals surface area (Å²) in [4.78, 5) is 23.8. The number of benzene rings is 4. The van der Waals surface area contributed by atoms with Crippen LogP contribution in [0.4, 0.5) is 10.1 Å². The largest absolute Gasteiger partial charge is 0.487 e. The Balaban J connectivity index is 0.939. The topological polar surface area (TPSA) is 58.1 Å². The number of pyridine rings is 1. The number of carbonyl (C=O) groups is 1. The molecule has 5 aromatic rings. The molecule has 0 spiro atoms. The van der Waals surface area contributed by atoms with E-state index in [0.29, 0.717) is 47.1 Å². The van der Waals surface area contributed by atoms with Gasteiger partial charge in [0.1, 0.15) is 18.2 Å². The quantitative estimate of drug-likeness (QED) is 0.112. The Bertz CT molecular complexity index is 1960. The van der Waals surface area contributed by atoms with E-state index in [1.165, 1.54) is 23.3 Å². The number of halogens is 3. The van der Waals surface area contributed by atoms with E-state index in [0.717, 1.165) is 55.0 Å². The lowest BCUT2D eigenvalue weighted by Crippen LogP contribution is -2.47. The third kappa shape index (κ3) is 10.1. The van der Waals surface area contributed by atoms with Gasteiger partial charge < -0.3 is 19.3 Å². The van der Waals surface area contributed by atoms with Gasteiger partial charge in [-0.05, 0) is 90.2 Å². The molecule has 0 radical (unpaired) electrons. The molecule has 1 aromatic heterocycles. The van der Waals surface area contributed by atoms with Gasteiger partial charge in [0.25, 0.3) is 0 Å². The Morgan fingerprint density at radius 3 is 2.33 bits per heavy atom. The van der Waals surface area contributed by atoms with Crippen LogP contribution in [0.3, 0.4) is 0 Å². The number of nitrogens with zero attached hydrogens (tertiary/aromatic N) is 4. The van der Waals surface area contributed by atoms with E-state index in [9.17, 15) is 9.18 Å². The summed E-state index contributed by atoms with van der Waals surface area (Å²) in [5.74, 6) is 1.23. The highest BCUT2D eigenvalue weighted by Gasteiger charge is 2.20. The molecule has 2 heterocycles. The van der Waals surface area contributed by atoms with Crippen molar-refractivity contribution in [3.63, 3.8) is 0 Å². The third-order valence-electron chi connectivity index (χ3n) is 9.05. The molecular formula is C42H41Cl2FN4O3. The molecule has 0 bridgehead atoms. The molecule has 4 aromatic carbocycles. The van der Waals surface area contributed by atoms with Crippen LogP contribution in [0.25, 0.3) is 6.08 Å². The fourth-order valence-corrected chi connectivity index (χ4v) is 6.47. The van der Waals surface area contributed by atoms with Crippen LogP contribution in [0.1, 0.15) is 27.8 Å². The summed E-state index contributed by atoms with van der Waals surface area (Å²) in [5, 5.41) is 1.07. The van der Waals surface area contributed by atoms with E-state index in [1.807, 2.05) is 49.2 Å². The molecule has 0 unspecified atom stereocenters. The first-order valence-corrected chi connectivity index (χ1v) is 18.0. The number of anilines is 1. The maximum absolute atomic E-state index is 13.2. The van der Waals surface area contributed by atoms with Crippen molar-refractivity contribution in [1.29, 1.82) is 0 Å².